The van der Waals surface area contributed by atoms with Gasteiger partial charge in [-0.05, 0) is 52.2 Å². The number of thiophene rings is 1. The predicted octanol–water partition coefficient (Wildman–Crippen LogP) is 6.67. The van der Waals surface area contributed by atoms with E-state index in [4.69, 9.17) is 11.6 Å². The molecule has 90 valence electrons. The van der Waals surface area contributed by atoms with Crippen molar-refractivity contribution in [2.75, 3.05) is 0 Å². The molecule has 1 aromatic heterocycles. The van der Waals surface area contributed by atoms with Crippen LogP contribution in [-0.4, -0.2) is 0 Å². The maximum absolute atomic E-state index is 6.52. The first kappa shape index (κ1) is 14.1. The molecule has 0 aliphatic rings. The second-order valence-electron chi connectivity index (χ2n) is 3.63. The lowest BCUT2D eigenvalue weighted by atomic mass is 10.1. The summed E-state index contributed by atoms with van der Waals surface area (Å²) in [7, 11) is 0. The molecular formula is C12H8Br3ClS. The van der Waals surface area contributed by atoms with Gasteiger partial charge in [0.05, 0.1) is 9.16 Å². The monoisotopic (exact) mass is 456 g/mol. The van der Waals surface area contributed by atoms with Gasteiger partial charge in [-0.25, -0.2) is 0 Å². The molecule has 2 rings (SSSR count). The van der Waals surface area contributed by atoms with Crippen LogP contribution in [0.3, 0.4) is 0 Å². The molecule has 0 bridgehead atoms. The van der Waals surface area contributed by atoms with E-state index < -0.39 is 0 Å². The second kappa shape index (κ2) is 5.74. The van der Waals surface area contributed by atoms with E-state index in [1.165, 1.54) is 5.56 Å². The summed E-state index contributed by atoms with van der Waals surface area (Å²) >= 11 is 18.7. The fourth-order valence-electron chi connectivity index (χ4n) is 1.47. The van der Waals surface area contributed by atoms with Crippen LogP contribution < -0.4 is 0 Å². The van der Waals surface area contributed by atoms with E-state index in [9.17, 15) is 0 Å². The standard InChI is InChI=1S/C12H8Br3ClS/c1-6-4-10(17-12(6)15)11(16)8-3-2-7(13)5-9(8)14/h2-5,11H,1H3. The van der Waals surface area contributed by atoms with E-state index in [1.54, 1.807) is 11.3 Å². The molecule has 5 heteroatoms. The van der Waals surface area contributed by atoms with Gasteiger partial charge in [-0.15, -0.1) is 22.9 Å². The lowest BCUT2D eigenvalue weighted by molar-refractivity contribution is 1.16. The highest BCUT2D eigenvalue weighted by Gasteiger charge is 2.17. The van der Waals surface area contributed by atoms with E-state index >= 15 is 0 Å². The third-order valence-electron chi connectivity index (χ3n) is 2.36. The molecule has 17 heavy (non-hydrogen) atoms. The minimum absolute atomic E-state index is 0.118. The first-order valence-corrected chi connectivity index (χ1v) is 8.47. The minimum atomic E-state index is -0.118. The summed E-state index contributed by atoms with van der Waals surface area (Å²) in [6, 6.07) is 8.18. The van der Waals surface area contributed by atoms with Crippen molar-refractivity contribution in [3.8, 4) is 0 Å². The molecular weight excluding hydrogens is 451 g/mol. The van der Waals surface area contributed by atoms with Crippen molar-refractivity contribution < 1.29 is 0 Å². The van der Waals surface area contributed by atoms with E-state index in [2.05, 4.69) is 60.8 Å². The summed E-state index contributed by atoms with van der Waals surface area (Å²) in [5, 5.41) is -0.118. The zero-order valence-electron chi connectivity index (χ0n) is 8.81. The normalized spacial score (nSPS) is 12.8. The Hall–Kier alpha value is 0.650. The lowest BCUT2D eigenvalue weighted by Gasteiger charge is -2.10. The quantitative estimate of drug-likeness (QED) is 0.440. The fraction of sp³-hybridized carbons (Fsp3) is 0.167. The first-order chi connectivity index (χ1) is 7.99. The maximum atomic E-state index is 6.52. The Labute approximate surface area is 135 Å². The van der Waals surface area contributed by atoms with Crippen LogP contribution >= 0.6 is 70.7 Å². The maximum Gasteiger partial charge on any atom is 0.0939 e. The average Bonchev–Trinajstić information content (AvgIpc) is 2.58. The Bertz CT molecular complexity index is 531. The number of halogens is 4. The van der Waals surface area contributed by atoms with Crippen molar-refractivity contribution in [2.45, 2.75) is 12.3 Å². The van der Waals surface area contributed by atoms with Crippen LogP contribution in [-0.2, 0) is 0 Å². The second-order valence-corrected chi connectivity index (χ2v) is 8.24. The molecule has 1 unspecified atom stereocenters. The fourth-order valence-corrected chi connectivity index (χ4v) is 4.83. The molecule has 0 amide bonds. The van der Waals surface area contributed by atoms with Crippen molar-refractivity contribution in [1.82, 2.24) is 0 Å². The van der Waals surface area contributed by atoms with Gasteiger partial charge in [-0.3, -0.25) is 0 Å². The van der Waals surface area contributed by atoms with Gasteiger partial charge in [0.2, 0.25) is 0 Å². The van der Waals surface area contributed by atoms with Crippen LogP contribution in [0.4, 0.5) is 0 Å². The molecule has 0 aliphatic heterocycles. The Kier molecular flexibility index (Phi) is 4.75. The molecule has 0 nitrogen and oxygen atoms in total. The van der Waals surface area contributed by atoms with E-state index in [0.717, 1.165) is 23.2 Å². The molecule has 2 aromatic rings. The number of hydrogen-bond acceptors (Lipinski definition) is 1. The summed E-state index contributed by atoms with van der Waals surface area (Å²) < 4.78 is 3.21. The minimum Gasteiger partial charge on any atom is -0.131 e. The van der Waals surface area contributed by atoms with Crippen LogP contribution in [0.2, 0.25) is 0 Å². The molecule has 0 saturated carbocycles. The van der Waals surface area contributed by atoms with Gasteiger partial charge in [0.25, 0.3) is 0 Å². The Balaban J connectivity index is 2.39. The molecule has 1 heterocycles. The van der Waals surface area contributed by atoms with Gasteiger partial charge in [-0.1, -0.05) is 37.9 Å². The topological polar surface area (TPSA) is 0 Å². The van der Waals surface area contributed by atoms with Crippen LogP contribution in [0.25, 0.3) is 0 Å². The molecule has 0 aliphatic carbocycles. The molecule has 1 aromatic carbocycles. The van der Waals surface area contributed by atoms with E-state index in [0.29, 0.717) is 0 Å². The van der Waals surface area contributed by atoms with Crippen LogP contribution in [0.15, 0.2) is 37.0 Å². The highest BCUT2D eigenvalue weighted by atomic mass is 79.9. The van der Waals surface area contributed by atoms with Crippen LogP contribution in [0, 0.1) is 6.92 Å². The van der Waals surface area contributed by atoms with Crippen molar-refractivity contribution in [3.05, 3.63) is 53.0 Å². The largest absolute Gasteiger partial charge is 0.131 e. The average molecular weight is 459 g/mol. The number of rotatable bonds is 2. The van der Waals surface area contributed by atoms with Crippen molar-refractivity contribution in [3.63, 3.8) is 0 Å². The summed E-state index contributed by atoms with van der Waals surface area (Å²) in [5.74, 6) is 0. The first-order valence-electron chi connectivity index (χ1n) is 4.84. The van der Waals surface area contributed by atoms with Crippen LogP contribution in [0.1, 0.15) is 21.4 Å². The smallest absolute Gasteiger partial charge is 0.0939 e. The van der Waals surface area contributed by atoms with E-state index in [1.807, 2.05) is 18.2 Å². The van der Waals surface area contributed by atoms with Crippen LogP contribution in [0.5, 0.6) is 0 Å². The van der Waals surface area contributed by atoms with Gasteiger partial charge in [0, 0.05) is 13.8 Å². The number of aryl methyl sites for hydroxylation is 1. The van der Waals surface area contributed by atoms with Gasteiger partial charge < -0.3 is 0 Å². The Morgan fingerprint density at radius 1 is 1.18 bits per heavy atom. The number of benzene rings is 1. The number of hydrogen-bond donors (Lipinski definition) is 0. The Morgan fingerprint density at radius 3 is 2.41 bits per heavy atom. The highest BCUT2D eigenvalue weighted by Crippen LogP contribution is 2.40. The third-order valence-corrected chi connectivity index (χ3v) is 6.34. The summed E-state index contributed by atoms with van der Waals surface area (Å²) in [4.78, 5) is 1.15. The number of alkyl halides is 1. The molecule has 1 atom stereocenters. The molecule has 0 radical (unpaired) electrons. The summed E-state index contributed by atoms with van der Waals surface area (Å²) in [6.07, 6.45) is 0. The zero-order chi connectivity index (χ0) is 12.6. The zero-order valence-corrected chi connectivity index (χ0v) is 15.1. The lowest BCUT2D eigenvalue weighted by Crippen LogP contribution is -1.91. The summed E-state index contributed by atoms with van der Waals surface area (Å²) in [5.41, 5.74) is 2.31. The highest BCUT2D eigenvalue weighted by molar-refractivity contribution is 9.11. The SMILES string of the molecule is Cc1cc(C(Cl)c2ccc(Br)cc2Br)sc1Br. The van der Waals surface area contributed by atoms with Gasteiger partial charge in [0.15, 0.2) is 0 Å². The third kappa shape index (κ3) is 3.16. The van der Waals surface area contributed by atoms with Crippen molar-refractivity contribution in [2.24, 2.45) is 0 Å². The molecule has 0 N–H and O–H groups in total. The molecule has 0 spiro atoms. The summed E-state index contributed by atoms with van der Waals surface area (Å²) in [6.45, 7) is 2.07. The molecule has 0 fully saturated rings. The van der Waals surface area contributed by atoms with Gasteiger partial charge in [-0.2, -0.15) is 0 Å². The predicted molar refractivity (Wildman–Crippen MR) is 86.3 cm³/mol. The Morgan fingerprint density at radius 2 is 1.88 bits per heavy atom. The van der Waals surface area contributed by atoms with Crippen molar-refractivity contribution in [1.29, 1.82) is 0 Å². The van der Waals surface area contributed by atoms with Gasteiger partial charge >= 0.3 is 0 Å². The molecule has 0 saturated heterocycles. The van der Waals surface area contributed by atoms with Gasteiger partial charge in [0.1, 0.15) is 0 Å². The van der Waals surface area contributed by atoms with Crippen molar-refractivity contribution >= 4 is 70.7 Å². The van der Waals surface area contributed by atoms with E-state index in [-0.39, 0.29) is 5.38 Å².